The summed E-state index contributed by atoms with van der Waals surface area (Å²) in [5.41, 5.74) is 4.48. The van der Waals surface area contributed by atoms with Crippen molar-refractivity contribution in [1.82, 2.24) is 24.8 Å². The van der Waals surface area contributed by atoms with Crippen LogP contribution in [0.2, 0.25) is 0 Å². The molecule has 39 heavy (non-hydrogen) atoms. The number of benzene rings is 1. The Balaban J connectivity index is 1.21. The second-order valence-electron chi connectivity index (χ2n) is 10.2. The monoisotopic (exact) mass is 551 g/mol. The van der Waals surface area contributed by atoms with Crippen LogP contribution in [-0.4, -0.2) is 71.1 Å². The van der Waals surface area contributed by atoms with E-state index in [0.29, 0.717) is 24.1 Å². The van der Waals surface area contributed by atoms with E-state index in [2.05, 4.69) is 31.8 Å². The number of nitrogens with one attached hydrogen (secondary N) is 2. The largest absolute Gasteiger partial charge is 0.496 e. The van der Waals surface area contributed by atoms with Crippen molar-refractivity contribution in [2.24, 2.45) is 0 Å². The Labute approximate surface area is 228 Å². The van der Waals surface area contributed by atoms with Crippen LogP contribution in [0.3, 0.4) is 0 Å². The smallest absolute Gasteiger partial charge is 0.254 e. The van der Waals surface area contributed by atoms with E-state index in [0.717, 1.165) is 60.4 Å². The fraction of sp³-hybridized carbons (Fsp3) is 0.407. The molecule has 1 aromatic carbocycles. The van der Waals surface area contributed by atoms with Gasteiger partial charge in [-0.1, -0.05) is 6.07 Å². The highest BCUT2D eigenvalue weighted by Crippen LogP contribution is 2.31. The molecule has 206 valence electrons. The molecule has 0 spiro atoms. The van der Waals surface area contributed by atoms with Gasteiger partial charge in [-0.15, -0.1) is 0 Å². The minimum Gasteiger partial charge on any atom is -0.496 e. The molecule has 3 aromatic rings. The summed E-state index contributed by atoms with van der Waals surface area (Å²) in [6.45, 7) is 6.19. The van der Waals surface area contributed by atoms with E-state index in [1.165, 1.54) is 12.3 Å². The highest BCUT2D eigenvalue weighted by atomic mass is 32.2. The van der Waals surface area contributed by atoms with E-state index in [9.17, 15) is 13.2 Å². The summed E-state index contributed by atoms with van der Waals surface area (Å²) in [4.78, 5) is 30.8. The van der Waals surface area contributed by atoms with Crippen LogP contribution in [0.25, 0.3) is 0 Å². The fourth-order valence-electron chi connectivity index (χ4n) is 5.28. The number of rotatable bonds is 7. The van der Waals surface area contributed by atoms with Crippen molar-refractivity contribution in [3.8, 4) is 5.75 Å². The third-order valence-corrected chi connectivity index (χ3v) is 7.85. The number of nitrogens with zero attached hydrogens (tertiary/aromatic N) is 5. The first-order chi connectivity index (χ1) is 18.6. The summed E-state index contributed by atoms with van der Waals surface area (Å²) >= 11 is 0. The van der Waals surface area contributed by atoms with Gasteiger partial charge in [-0.2, -0.15) is 0 Å². The molecule has 1 fully saturated rings. The number of pyridine rings is 1. The van der Waals surface area contributed by atoms with Crippen molar-refractivity contribution >= 4 is 33.4 Å². The average molecular weight is 552 g/mol. The Bertz CT molecular complexity index is 1500. The molecule has 4 heterocycles. The fourth-order valence-corrected chi connectivity index (χ4v) is 5.77. The number of aryl methyl sites for hydroxylation is 1. The second-order valence-corrected chi connectivity index (χ2v) is 12.0. The molecule has 0 aliphatic carbocycles. The number of ether oxygens (including phenoxy) is 1. The van der Waals surface area contributed by atoms with E-state index < -0.39 is 10.0 Å². The van der Waals surface area contributed by atoms with Gasteiger partial charge in [0.25, 0.3) is 5.91 Å². The number of sulfonamides is 1. The van der Waals surface area contributed by atoms with Crippen LogP contribution in [0, 0.1) is 6.92 Å². The van der Waals surface area contributed by atoms with Gasteiger partial charge in [0, 0.05) is 67.0 Å². The highest BCUT2D eigenvalue weighted by molar-refractivity contribution is 7.92. The van der Waals surface area contributed by atoms with Crippen LogP contribution in [0.4, 0.5) is 17.5 Å². The molecular formula is C27H33N7O4S. The molecule has 2 atom stereocenters. The molecule has 5 rings (SSSR count). The SMILES string of the molecule is COc1cc(Nc2ncc3c(n2)CN([C@@H]2CCN(C(=O)c4ccnc(NS(C)(=O)=O)c4)[C@H](C)C2)C3)ccc1C. The van der Waals surface area contributed by atoms with Crippen LogP contribution < -0.4 is 14.8 Å². The van der Waals surface area contributed by atoms with Crippen LogP contribution >= 0.6 is 0 Å². The molecule has 2 aliphatic rings. The summed E-state index contributed by atoms with van der Waals surface area (Å²) < 4.78 is 30.8. The normalized spacial score (nSPS) is 19.4. The number of amides is 1. The lowest BCUT2D eigenvalue weighted by atomic mass is 9.96. The van der Waals surface area contributed by atoms with E-state index in [1.807, 2.05) is 36.2 Å². The lowest BCUT2D eigenvalue weighted by molar-refractivity contribution is 0.0460. The summed E-state index contributed by atoms with van der Waals surface area (Å²) in [5, 5.41) is 3.28. The number of fused-ring (bicyclic) bond motifs is 1. The van der Waals surface area contributed by atoms with Crippen molar-refractivity contribution in [2.75, 3.05) is 29.9 Å². The average Bonchev–Trinajstić information content (AvgIpc) is 3.32. The number of hydrogen-bond donors (Lipinski definition) is 2. The lowest BCUT2D eigenvalue weighted by Gasteiger charge is -2.41. The van der Waals surface area contributed by atoms with Crippen molar-refractivity contribution in [3.63, 3.8) is 0 Å². The topological polar surface area (TPSA) is 130 Å². The molecule has 0 bridgehead atoms. The predicted molar refractivity (Wildman–Crippen MR) is 149 cm³/mol. The molecule has 2 N–H and O–H groups in total. The molecule has 1 saturated heterocycles. The molecule has 0 radical (unpaired) electrons. The predicted octanol–water partition coefficient (Wildman–Crippen LogP) is 3.31. The van der Waals surface area contributed by atoms with Crippen molar-refractivity contribution in [3.05, 3.63) is 65.1 Å². The molecule has 0 unspecified atom stereocenters. The number of methoxy groups -OCH3 is 1. The number of aromatic nitrogens is 3. The number of likely N-dealkylation sites (tertiary alicyclic amines) is 1. The maximum Gasteiger partial charge on any atom is 0.254 e. The number of carbonyl (C=O) groups excluding carboxylic acids is 1. The Morgan fingerprint density at radius 3 is 2.72 bits per heavy atom. The molecule has 2 aromatic heterocycles. The Hall–Kier alpha value is -3.77. The maximum atomic E-state index is 13.3. The lowest BCUT2D eigenvalue weighted by Crippen LogP contribution is -2.50. The molecule has 2 aliphatic heterocycles. The molecular weight excluding hydrogens is 518 g/mol. The van der Waals surface area contributed by atoms with Gasteiger partial charge in [0.1, 0.15) is 11.6 Å². The number of anilines is 3. The third-order valence-electron chi connectivity index (χ3n) is 7.27. The Morgan fingerprint density at radius 1 is 1.15 bits per heavy atom. The highest BCUT2D eigenvalue weighted by Gasteiger charge is 2.35. The quantitative estimate of drug-likeness (QED) is 0.454. The summed E-state index contributed by atoms with van der Waals surface area (Å²) in [5.74, 6) is 1.37. The number of carbonyl (C=O) groups is 1. The zero-order valence-corrected chi connectivity index (χ0v) is 23.3. The van der Waals surface area contributed by atoms with Crippen molar-refractivity contribution in [2.45, 2.75) is 51.9 Å². The van der Waals surface area contributed by atoms with Gasteiger partial charge in [0.05, 0.1) is 19.1 Å². The minimum atomic E-state index is -3.48. The zero-order valence-electron chi connectivity index (χ0n) is 22.5. The standard InChI is InChI=1S/C27H33N7O4S/c1-17-5-6-21(13-24(17)38-3)30-27-29-14-20-15-33(16-23(20)31-27)22-8-10-34(18(2)11-22)26(35)19-7-9-28-25(12-19)32-39(4,36)37/h5-7,9,12-14,18,22H,8,10-11,15-16H2,1-4H3,(H,28,32)(H,29,30,31)/t18-,22-/m1/s1. The van der Waals surface area contributed by atoms with Crippen molar-refractivity contribution in [1.29, 1.82) is 0 Å². The van der Waals surface area contributed by atoms with Crippen LogP contribution in [0.15, 0.2) is 42.7 Å². The molecule has 12 heteroatoms. The second kappa shape index (κ2) is 10.8. The van der Waals surface area contributed by atoms with Gasteiger partial charge in [-0.25, -0.2) is 23.4 Å². The van der Waals surface area contributed by atoms with E-state index in [-0.39, 0.29) is 17.8 Å². The first kappa shape index (κ1) is 26.8. The van der Waals surface area contributed by atoms with Gasteiger partial charge in [0.15, 0.2) is 0 Å². The van der Waals surface area contributed by atoms with Crippen LogP contribution in [-0.2, 0) is 23.1 Å². The number of piperidine rings is 1. The molecule has 11 nitrogen and oxygen atoms in total. The van der Waals surface area contributed by atoms with E-state index in [1.54, 1.807) is 13.2 Å². The van der Waals surface area contributed by atoms with Gasteiger partial charge < -0.3 is 15.0 Å². The van der Waals surface area contributed by atoms with Gasteiger partial charge in [-0.05, 0) is 50.5 Å². The van der Waals surface area contributed by atoms with Crippen LogP contribution in [0.1, 0.15) is 46.9 Å². The first-order valence-electron chi connectivity index (χ1n) is 12.8. The first-order valence-corrected chi connectivity index (χ1v) is 14.7. The van der Waals surface area contributed by atoms with Crippen LogP contribution in [0.5, 0.6) is 5.75 Å². The third kappa shape index (κ3) is 6.12. The maximum absolute atomic E-state index is 13.3. The minimum absolute atomic E-state index is 0.0271. The van der Waals surface area contributed by atoms with E-state index in [4.69, 9.17) is 9.72 Å². The van der Waals surface area contributed by atoms with Gasteiger partial charge in [0.2, 0.25) is 16.0 Å². The van der Waals surface area contributed by atoms with Gasteiger partial charge >= 0.3 is 0 Å². The summed E-state index contributed by atoms with van der Waals surface area (Å²) in [6.07, 6.45) is 6.06. The Kier molecular flexibility index (Phi) is 7.41. The van der Waals surface area contributed by atoms with Crippen molar-refractivity contribution < 1.29 is 17.9 Å². The summed E-state index contributed by atoms with van der Waals surface area (Å²) in [6, 6.07) is 9.35. The Morgan fingerprint density at radius 2 is 1.97 bits per heavy atom. The van der Waals surface area contributed by atoms with E-state index >= 15 is 0 Å². The zero-order chi connectivity index (χ0) is 27.7. The molecule has 0 saturated carbocycles. The molecule has 1 amide bonds. The summed E-state index contributed by atoms with van der Waals surface area (Å²) in [7, 11) is -1.82. The van der Waals surface area contributed by atoms with Gasteiger partial charge in [-0.3, -0.25) is 14.4 Å². The number of hydrogen-bond acceptors (Lipinski definition) is 9.